The van der Waals surface area contributed by atoms with Crippen molar-refractivity contribution in [3.05, 3.63) is 29.5 Å². The van der Waals surface area contributed by atoms with Crippen LogP contribution in [0.15, 0.2) is 24.5 Å². The van der Waals surface area contributed by atoms with E-state index in [2.05, 4.69) is 20.8 Å². The van der Waals surface area contributed by atoms with Gasteiger partial charge in [0.25, 0.3) is 0 Å². The number of aliphatic carboxylic acids is 1. The number of carboxylic acids is 1. The number of hydrogen-bond acceptors (Lipinski definition) is 6. The lowest BCUT2D eigenvalue weighted by Gasteiger charge is -2.20. The van der Waals surface area contributed by atoms with Gasteiger partial charge < -0.3 is 10.4 Å². The number of halogens is 1. The smallest absolute Gasteiger partial charge is 0.320 e. The van der Waals surface area contributed by atoms with Gasteiger partial charge in [-0.2, -0.15) is 0 Å². The summed E-state index contributed by atoms with van der Waals surface area (Å²) in [5.41, 5.74) is 1.02. The van der Waals surface area contributed by atoms with Crippen molar-refractivity contribution in [3.63, 3.8) is 0 Å². The third kappa shape index (κ3) is 4.24. The summed E-state index contributed by atoms with van der Waals surface area (Å²) in [7, 11) is 1.55. The molecular weight excluding hydrogens is 324 g/mol. The Morgan fingerprint density at radius 2 is 2.22 bits per heavy atom. The second-order valence-corrected chi connectivity index (χ2v) is 5.30. The molecule has 1 amide bonds. The Hall–Kier alpha value is -2.52. The van der Waals surface area contributed by atoms with Crippen molar-refractivity contribution < 1.29 is 14.7 Å². The van der Waals surface area contributed by atoms with Crippen molar-refractivity contribution in [2.45, 2.75) is 13.0 Å². The Bertz CT molecular complexity index is 706. The van der Waals surface area contributed by atoms with Crippen molar-refractivity contribution in [2.24, 2.45) is 0 Å². The average molecular weight is 339 g/mol. The van der Waals surface area contributed by atoms with Crippen LogP contribution in [-0.4, -0.2) is 61.7 Å². The van der Waals surface area contributed by atoms with E-state index in [4.69, 9.17) is 16.7 Å². The van der Waals surface area contributed by atoms with Gasteiger partial charge in [0.2, 0.25) is 5.91 Å². The summed E-state index contributed by atoms with van der Waals surface area (Å²) in [6.07, 6.45) is 1.41. The highest BCUT2D eigenvalue weighted by molar-refractivity contribution is 6.33. The van der Waals surface area contributed by atoms with Crippen LogP contribution in [0.25, 0.3) is 5.69 Å². The van der Waals surface area contributed by atoms with Gasteiger partial charge in [0.1, 0.15) is 12.4 Å². The van der Waals surface area contributed by atoms with E-state index in [-0.39, 0.29) is 12.5 Å². The summed E-state index contributed by atoms with van der Waals surface area (Å²) in [5, 5.41) is 22.8. The number of nitrogens with zero attached hydrogens (tertiary/aromatic N) is 5. The van der Waals surface area contributed by atoms with Gasteiger partial charge in [-0.25, -0.2) is 4.68 Å². The SMILES string of the molecule is CC(C(=O)O)N(C)CC(=O)Nc1cc(-n2cnnn2)ccc1Cl. The van der Waals surface area contributed by atoms with E-state index in [0.717, 1.165) is 0 Å². The number of hydrogen-bond donors (Lipinski definition) is 2. The van der Waals surface area contributed by atoms with Gasteiger partial charge in [0.15, 0.2) is 0 Å². The van der Waals surface area contributed by atoms with Crippen LogP contribution in [-0.2, 0) is 9.59 Å². The van der Waals surface area contributed by atoms with E-state index in [0.29, 0.717) is 16.4 Å². The van der Waals surface area contributed by atoms with Crippen LogP contribution in [0.2, 0.25) is 5.02 Å². The lowest BCUT2D eigenvalue weighted by molar-refractivity contribution is -0.142. The molecule has 2 N–H and O–H groups in total. The standard InChI is InChI=1S/C13H15ClN6O3/c1-8(13(22)23)19(2)6-12(21)16-11-5-9(3-4-10(11)14)20-7-15-17-18-20/h3-5,7-8H,6H2,1-2H3,(H,16,21)(H,22,23). The van der Waals surface area contributed by atoms with Crippen molar-refractivity contribution >= 4 is 29.2 Å². The van der Waals surface area contributed by atoms with Crippen LogP contribution in [0.1, 0.15) is 6.92 Å². The van der Waals surface area contributed by atoms with Crippen LogP contribution in [0, 0.1) is 0 Å². The Kier molecular flexibility index (Phi) is 5.24. The number of aromatic nitrogens is 4. The monoisotopic (exact) mass is 338 g/mol. The van der Waals surface area contributed by atoms with Gasteiger partial charge >= 0.3 is 5.97 Å². The zero-order valence-electron chi connectivity index (χ0n) is 12.5. The summed E-state index contributed by atoms with van der Waals surface area (Å²) >= 11 is 6.07. The minimum atomic E-state index is -1.00. The van der Waals surface area contributed by atoms with Crippen LogP contribution in [0.4, 0.5) is 5.69 Å². The minimum absolute atomic E-state index is 0.0844. The van der Waals surface area contributed by atoms with Crippen LogP contribution < -0.4 is 5.32 Å². The highest BCUT2D eigenvalue weighted by Crippen LogP contribution is 2.24. The zero-order chi connectivity index (χ0) is 17.0. The molecule has 0 aliphatic heterocycles. The quantitative estimate of drug-likeness (QED) is 0.795. The summed E-state index contributed by atoms with van der Waals surface area (Å²) in [4.78, 5) is 24.4. The molecule has 10 heteroatoms. The van der Waals surface area contributed by atoms with E-state index >= 15 is 0 Å². The molecule has 1 aromatic carbocycles. The number of carbonyl (C=O) groups is 2. The van der Waals surface area contributed by atoms with Crippen molar-refractivity contribution in [1.82, 2.24) is 25.1 Å². The number of anilines is 1. The number of benzene rings is 1. The lowest BCUT2D eigenvalue weighted by atomic mass is 10.2. The van der Waals surface area contributed by atoms with Gasteiger partial charge in [-0.3, -0.25) is 14.5 Å². The molecular formula is C13H15ClN6O3. The molecule has 9 nitrogen and oxygen atoms in total. The fourth-order valence-corrected chi connectivity index (χ4v) is 1.94. The molecule has 0 saturated carbocycles. The number of likely N-dealkylation sites (N-methyl/N-ethyl adjacent to an activating group) is 1. The molecule has 0 spiro atoms. The molecule has 1 heterocycles. The maximum Gasteiger partial charge on any atom is 0.320 e. The molecule has 1 aromatic heterocycles. The molecule has 23 heavy (non-hydrogen) atoms. The van der Waals surface area contributed by atoms with E-state index in [1.165, 1.54) is 22.8 Å². The van der Waals surface area contributed by atoms with Gasteiger partial charge in [-0.1, -0.05) is 11.6 Å². The van der Waals surface area contributed by atoms with Crippen LogP contribution in [0.5, 0.6) is 0 Å². The second kappa shape index (κ2) is 7.16. The van der Waals surface area contributed by atoms with Gasteiger partial charge in [0.05, 0.1) is 22.9 Å². The van der Waals surface area contributed by atoms with Crippen molar-refractivity contribution in [1.29, 1.82) is 0 Å². The Labute approximate surface area is 136 Å². The average Bonchev–Trinajstić information content (AvgIpc) is 3.02. The molecule has 1 atom stereocenters. The van der Waals surface area contributed by atoms with E-state index in [1.54, 1.807) is 25.2 Å². The molecule has 2 rings (SSSR count). The van der Waals surface area contributed by atoms with E-state index in [1.807, 2.05) is 0 Å². The molecule has 0 aliphatic carbocycles. The largest absolute Gasteiger partial charge is 0.480 e. The van der Waals surface area contributed by atoms with Crippen LogP contribution in [0.3, 0.4) is 0 Å². The number of rotatable bonds is 6. The number of nitrogens with one attached hydrogen (secondary N) is 1. The summed E-state index contributed by atoms with van der Waals surface area (Å²) in [6.45, 7) is 1.42. The third-order valence-corrected chi connectivity index (χ3v) is 3.58. The molecule has 0 aliphatic rings. The number of amides is 1. The maximum atomic E-state index is 12.0. The predicted molar refractivity (Wildman–Crippen MR) is 82.5 cm³/mol. The molecule has 1 unspecified atom stereocenters. The summed E-state index contributed by atoms with van der Waals surface area (Å²) < 4.78 is 1.42. The minimum Gasteiger partial charge on any atom is -0.480 e. The first-order valence-corrected chi connectivity index (χ1v) is 7.02. The Morgan fingerprint density at radius 1 is 1.48 bits per heavy atom. The fraction of sp³-hybridized carbons (Fsp3) is 0.308. The van der Waals surface area contributed by atoms with Crippen molar-refractivity contribution in [3.8, 4) is 5.69 Å². The molecule has 2 aromatic rings. The fourth-order valence-electron chi connectivity index (χ4n) is 1.77. The van der Waals surface area contributed by atoms with E-state index in [9.17, 15) is 9.59 Å². The zero-order valence-corrected chi connectivity index (χ0v) is 13.2. The first kappa shape index (κ1) is 16.8. The lowest BCUT2D eigenvalue weighted by Crippen LogP contribution is -2.40. The first-order chi connectivity index (χ1) is 10.9. The second-order valence-electron chi connectivity index (χ2n) is 4.90. The highest BCUT2D eigenvalue weighted by atomic mass is 35.5. The van der Waals surface area contributed by atoms with Gasteiger partial charge in [0, 0.05) is 0 Å². The normalized spacial score (nSPS) is 12.2. The maximum absolute atomic E-state index is 12.0. The molecule has 0 fully saturated rings. The highest BCUT2D eigenvalue weighted by Gasteiger charge is 2.19. The van der Waals surface area contributed by atoms with Crippen LogP contribution >= 0.6 is 11.6 Å². The Balaban J connectivity index is 2.09. The molecule has 122 valence electrons. The summed E-state index contributed by atoms with van der Waals surface area (Å²) in [6, 6.07) is 4.16. The van der Waals surface area contributed by atoms with E-state index < -0.39 is 12.0 Å². The Morgan fingerprint density at radius 3 is 2.83 bits per heavy atom. The molecule has 0 bridgehead atoms. The summed E-state index contributed by atoms with van der Waals surface area (Å²) in [5.74, 6) is -1.38. The molecule has 0 radical (unpaired) electrons. The van der Waals surface area contributed by atoms with Gasteiger partial charge in [-0.15, -0.1) is 5.10 Å². The first-order valence-electron chi connectivity index (χ1n) is 6.64. The third-order valence-electron chi connectivity index (χ3n) is 3.25. The molecule has 0 saturated heterocycles. The van der Waals surface area contributed by atoms with Gasteiger partial charge in [-0.05, 0) is 42.6 Å². The number of carboxylic acid groups (broad SMARTS) is 1. The van der Waals surface area contributed by atoms with Crippen molar-refractivity contribution in [2.75, 3.05) is 18.9 Å². The number of tetrazole rings is 1. The number of carbonyl (C=O) groups excluding carboxylic acids is 1. The topological polar surface area (TPSA) is 113 Å². The predicted octanol–water partition coefficient (Wildman–Crippen LogP) is 0.659.